The highest BCUT2D eigenvalue weighted by Gasteiger charge is 2.17. The van der Waals surface area contributed by atoms with Gasteiger partial charge in [-0.2, -0.15) is 0 Å². The van der Waals surface area contributed by atoms with Crippen LogP contribution >= 0.6 is 0 Å². The van der Waals surface area contributed by atoms with Gasteiger partial charge >= 0.3 is 0 Å². The maximum absolute atomic E-state index is 6.18. The highest BCUT2D eigenvalue weighted by Crippen LogP contribution is 2.24. The molecule has 108 valence electrons. The monoisotopic (exact) mass is 265 g/mol. The summed E-state index contributed by atoms with van der Waals surface area (Å²) in [6, 6.07) is 8.11. The Morgan fingerprint density at radius 2 is 1.95 bits per heavy atom. The summed E-state index contributed by atoms with van der Waals surface area (Å²) in [5.41, 5.74) is 1.16. The van der Waals surface area contributed by atoms with Crippen molar-refractivity contribution in [1.29, 1.82) is 0 Å². The molecule has 0 radical (unpaired) electrons. The lowest BCUT2D eigenvalue weighted by atomic mass is 10.1. The zero-order valence-electron chi connectivity index (χ0n) is 12.8. The lowest BCUT2D eigenvalue weighted by Crippen LogP contribution is -2.27. The molecule has 3 heteroatoms. The molecule has 0 aliphatic rings. The Kier molecular flexibility index (Phi) is 6.89. The Bertz CT molecular complexity index is 366. The van der Waals surface area contributed by atoms with Crippen LogP contribution in [0.2, 0.25) is 0 Å². The second-order valence-electron chi connectivity index (χ2n) is 5.16. The van der Waals surface area contributed by atoms with Crippen molar-refractivity contribution in [3.05, 3.63) is 29.8 Å². The van der Waals surface area contributed by atoms with Crippen LogP contribution in [0.1, 0.15) is 39.4 Å². The van der Waals surface area contributed by atoms with E-state index in [1.807, 2.05) is 12.1 Å². The first kappa shape index (κ1) is 16.0. The Labute approximate surface area is 117 Å². The molecule has 19 heavy (non-hydrogen) atoms. The molecule has 1 aromatic rings. The van der Waals surface area contributed by atoms with Gasteiger partial charge in [0.1, 0.15) is 5.75 Å². The minimum Gasteiger partial charge on any atom is -0.497 e. The standard InChI is InChI=1S/C16H27NO2/c1-6-17-11-16(19-13(4)12(2)3)14-8-7-9-15(10-14)18-5/h7-10,12-13,16-17H,6,11H2,1-5H3. The van der Waals surface area contributed by atoms with Crippen molar-refractivity contribution in [3.8, 4) is 5.75 Å². The zero-order chi connectivity index (χ0) is 14.3. The Hall–Kier alpha value is -1.06. The number of hydrogen-bond acceptors (Lipinski definition) is 3. The lowest BCUT2D eigenvalue weighted by Gasteiger charge is -2.25. The predicted molar refractivity (Wildman–Crippen MR) is 79.7 cm³/mol. The normalized spacial score (nSPS) is 14.4. The number of likely N-dealkylation sites (N-methyl/N-ethyl adjacent to an activating group) is 1. The second kappa shape index (κ2) is 8.18. The summed E-state index contributed by atoms with van der Waals surface area (Å²) in [4.78, 5) is 0. The van der Waals surface area contributed by atoms with Gasteiger partial charge in [-0.1, -0.05) is 32.9 Å². The minimum absolute atomic E-state index is 0.0625. The quantitative estimate of drug-likeness (QED) is 0.781. The summed E-state index contributed by atoms with van der Waals surface area (Å²) in [6.07, 6.45) is 0.294. The summed E-state index contributed by atoms with van der Waals surface area (Å²) in [5.74, 6) is 1.38. The van der Waals surface area contributed by atoms with Gasteiger partial charge in [-0.25, -0.2) is 0 Å². The van der Waals surface area contributed by atoms with Gasteiger partial charge in [-0.3, -0.25) is 0 Å². The Morgan fingerprint density at radius 3 is 2.53 bits per heavy atom. The van der Waals surface area contributed by atoms with Gasteiger partial charge in [-0.05, 0) is 37.1 Å². The van der Waals surface area contributed by atoms with Gasteiger partial charge in [0.15, 0.2) is 0 Å². The molecule has 1 N–H and O–H groups in total. The third kappa shape index (κ3) is 5.21. The molecule has 0 aliphatic heterocycles. The molecule has 2 atom stereocenters. The molecule has 0 bridgehead atoms. The van der Waals surface area contributed by atoms with Crippen molar-refractivity contribution in [1.82, 2.24) is 5.32 Å². The van der Waals surface area contributed by atoms with Crippen LogP contribution in [0.15, 0.2) is 24.3 Å². The van der Waals surface area contributed by atoms with E-state index in [2.05, 4.69) is 45.1 Å². The van der Waals surface area contributed by atoms with Gasteiger partial charge in [0.05, 0.1) is 19.3 Å². The van der Waals surface area contributed by atoms with Crippen molar-refractivity contribution in [2.45, 2.75) is 39.9 Å². The van der Waals surface area contributed by atoms with Crippen LogP contribution in [-0.4, -0.2) is 26.3 Å². The smallest absolute Gasteiger partial charge is 0.119 e. The van der Waals surface area contributed by atoms with Crippen molar-refractivity contribution >= 4 is 0 Å². The molecule has 0 saturated heterocycles. The highest BCUT2D eigenvalue weighted by atomic mass is 16.5. The number of methoxy groups -OCH3 is 1. The molecule has 1 aromatic carbocycles. The number of hydrogen-bond donors (Lipinski definition) is 1. The third-order valence-corrected chi connectivity index (χ3v) is 3.36. The first-order valence-electron chi connectivity index (χ1n) is 7.08. The number of nitrogens with one attached hydrogen (secondary N) is 1. The SMILES string of the molecule is CCNCC(OC(C)C(C)C)c1cccc(OC)c1. The van der Waals surface area contributed by atoms with E-state index in [-0.39, 0.29) is 12.2 Å². The largest absolute Gasteiger partial charge is 0.497 e. The van der Waals surface area contributed by atoms with Gasteiger partial charge in [0, 0.05) is 6.54 Å². The molecule has 0 amide bonds. The van der Waals surface area contributed by atoms with Gasteiger partial charge in [0.2, 0.25) is 0 Å². The average Bonchev–Trinajstić information content (AvgIpc) is 2.43. The van der Waals surface area contributed by atoms with E-state index in [0.29, 0.717) is 5.92 Å². The molecule has 0 aromatic heterocycles. The van der Waals surface area contributed by atoms with Crippen molar-refractivity contribution < 1.29 is 9.47 Å². The Morgan fingerprint density at radius 1 is 1.21 bits per heavy atom. The van der Waals surface area contributed by atoms with Gasteiger partial charge < -0.3 is 14.8 Å². The molecule has 0 saturated carbocycles. The fourth-order valence-corrected chi connectivity index (χ4v) is 1.78. The van der Waals surface area contributed by atoms with E-state index in [1.165, 1.54) is 0 Å². The predicted octanol–water partition coefficient (Wildman–Crippen LogP) is 3.41. The van der Waals surface area contributed by atoms with Gasteiger partial charge in [-0.15, -0.1) is 0 Å². The summed E-state index contributed by atoms with van der Waals surface area (Å²) in [7, 11) is 1.69. The first-order chi connectivity index (χ1) is 9.08. The first-order valence-corrected chi connectivity index (χ1v) is 7.08. The van der Waals surface area contributed by atoms with Crippen LogP contribution in [0.4, 0.5) is 0 Å². The van der Waals surface area contributed by atoms with E-state index in [9.17, 15) is 0 Å². The van der Waals surface area contributed by atoms with Crippen LogP contribution in [0.5, 0.6) is 5.75 Å². The summed E-state index contributed by atoms with van der Waals surface area (Å²) in [6.45, 7) is 10.4. The highest BCUT2D eigenvalue weighted by molar-refractivity contribution is 5.30. The zero-order valence-corrected chi connectivity index (χ0v) is 12.8. The fraction of sp³-hybridized carbons (Fsp3) is 0.625. The van der Waals surface area contributed by atoms with Crippen LogP contribution in [-0.2, 0) is 4.74 Å². The molecule has 0 spiro atoms. The molecule has 3 nitrogen and oxygen atoms in total. The van der Waals surface area contributed by atoms with E-state index in [0.717, 1.165) is 24.4 Å². The number of rotatable bonds is 8. The number of ether oxygens (including phenoxy) is 2. The van der Waals surface area contributed by atoms with E-state index < -0.39 is 0 Å². The lowest BCUT2D eigenvalue weighted by molar-refractivity contribution is -0.0258. The maximum Gasteiger partial charge on any atom is 0.119 e. The maximum atomic E-state index is 6.18. The van der Waals surface area contributed by atoms with Crippen molar-refractivity contribution in [2.24, 2.45) is 5.92 Å². The number of benzene rings is 1. The average molecular weight is 265 g/mol. The molecular formula is C16H27NO2. The summed E-state index contributed by atoms with van der Waals surface area (Å²) < 4.78 is 11.5. The molecule has 0 heterocycles. The minimum atomic E-state index is 0.0625. The van der Waals surface area contributed by atoms with E-state index in [1.54, 1.807) is 7.11 Å². The summed E-state index contributed by atoms with van der Waals surface area (Å²) >= 11 is 0. The molecule has 0 fully saturated rings. The van der Waals surface area contributed by atoms with Crippen LogP contribution in [0, 0.1) is 5.92 Å². The van der Waals surface area contributed by atoms with Crippen LogP contribution in [0.25, 0.3) is 0 Å². The second-order valence-corrected chi connectivity index (χ2v) is 5.16. The van der Waals surface area contributed by atoms with Crippen LogP contribution in [0.3, 0.4) is 0 Å². The van der Waals surface area contributed by atoms with Gasteiger partial charge in [0.25, 0.3) is 0 Å². The fourth-order valence-electron chi connectivity index (χ4n) is 1.78. The van der Waals surface area contributed by atoms with Crippen LogP contribution < -0.4 is 10.1 Å². The molecule has 1 rings (SSSR count). The van der Waals surface area contributed by atoms with E-state index in [4.69, 9.17) is 9.47 Å². The summed E-state index contributed by atoms with van der Waals surface area (Å²) in [5, 5.41) is 3.36. The van der Waals surface area contributed by atoms with Crippen molar-refractivity contribution in [2.75, 3.05) is 20.2 Å². The van der Waals surface area contributed by atoms with E-state index >= 15 is 0 Å². The topological polar surface area (TPSA) is 30.5 Å². The van der Waals surface area contributed by atoms with Crippen molar-refractivity contribution in [3.63, 3.8) is 0 Å². The molecule has 0 aliphatic carbocycles. The Balaban J connectivity index is 2.82. The molecular weight excluding hydrogens is 238 g/mol. The third-order valence-electron chi connectivity index (χ3n) is 3.36. The molecule has 2 unspecified atom stereocenters.